The molecule has 0 bridgehead atoms. The molecule has 0 aliphatic rings. The Balaban J connectivity index is 2.59. The highest BCUT2D eigenvalue weighted by Crippen LogP contribution is 2.20. The van der Waals surface area contributed by atoms with Gasteiger partial charge in [0.1, 0.15) is 5.75 Å². The second kappa shape index (κ2) is 7.21. The molecule has 0 heterocycles. The SMILES string of the molecule is CCC(C)CCN(CC)c1ccc(OC)cc1. The van der Waals surface area contributed by atoms with Gasteiger partial charge < -0.3 is 9.64 Å². The average Bonchev–Trinajstić information content (AvgIpc) is 2.39. The van der Waals surface area contributed by atoms with E-state index < -0.39 is 0 Å². The largest absolute Gasteiger partial charge is 0.497 e. The Morgan fingerprint density at radius 3 is 2.29 bits per heavy atom. The lowest BCUT2D eigenvalue weighted by Gasteiger charge is -2.24. The van der Waals surface area contributed by atoms with E-state index in [1.807, 2.05) is 12.1 Å². The molecule has 0 aromatic heterocycles. The van der Waals surface area contributed by atoms with Crippen LogP contribution >= 0.6 is 0 Å². The Morgan fingerprint density at radius 1 is 1.18 bits per heavy atom. The van der Waals surface area contributed by atoms with E-state index in [2.05, 4.69) is 37.8 Å². The van der Waals surface area contributed by atoms with Crippen LogP contribution in [-0.4, -0.2) is 20.2 Å². The van der Waals surface area contributed by atoms with Gasteiger partial charge in [-0.2, -0.15) is 0 Å². The monoisotopic (exact) mass is 235 g/mol. The average molecular weight is 235 g/mol. The summed E-state index contributed by atoms with van der Waals surface area (Å²) in [6.07, 6.45) is 2.52. The van der Waals surface area contributed by atoms with Crippen molar-refractivity contribution in [1.82, 2.24) is 0 Å². The number of nitrogens with zero attached hydrogens (tertiary/aromatic N) is 1. The topological polar surface area (TPSA) is 12.5 Å². The van der Waals surface area contributed by atoms with E-state index in [1.165, 1.54) is 18.5 Å². The molecule has 2 nitrogen and oxygen atoms in total. The van der Waals surface area contributed by atoms with Gasteiger partial charge in [-0.15, -0.1) is 0 Å². The third-order valence-corrected chi connectivity index (χ3v) is 3.41. The van der Waals surface area contributed by atoms with E-state index in [1.54, 1.807) is 7.11 Å². The summed E-state index contributed by atoms with van der Waals surface area (Å²) < 4.78 is 5.18. The summed E-state index contributed by atoms with van der Waals surface area (Å²) in [5, 5.41) is 0. The molecule has 0 aliphatic carbocycles. The smallest absolute Gasteiger partial charge is 0.119 e. The van der Waals surface area contributed by atoms with Crippen LogP contribution in [-0.2, 0) is 0 Å². The number of rotatable bonds is 7. The molecule has 0 saturated carbocycles. The maximum absolute atomic E-state index is 5.18. The van der Waals surface area contributed by atoms with Gasteiger partial charge in [-0.25, -0.2) is 0 Å². The first kappa shape index (κ1) is 13.9. The van der Waals surface area contributed by atoms with Crippen LogP contribution in [0.1, 0.15) is 33.6 Å². The number of hydrogen-bond acceptors (Lipinski definition) is 2. The van der Waals surface area contributed by atoms with E-state index in [-0.39, 0.29) is 0 Å². The lowest BCUT2D eigenvalue weighted by atomic mass is 10.0. The predicted molar refractivity (Wildman–Crippen MR) is 75.0 cm³/mol. The Hall–Kier alpha value is -1.18. The molecule has 1 unspecified atom stereocenters. The number of hydrogen-bond donors (Lipinski definition) is 0. The fraction of sp³-hybridized carbons (Fsp3) is 0.600. The van der Waals surface area contributed by atoms with Gasteiger partial charge in [-0.05, 0) is 43.5 Å². The molecule has 96 valence electrons. The number of methoxy groups -OCH3 is 1. The second-order valence-electron chi connectivity index (χ2n) is 4.58. The maximum Gasteiger partial charge on any atom is 0.119 e. The highest BCUT2D eigenvalue weighted by molar-refractivity contribution is 5.48. The summed E-state index contributed by atoms with van der Waals surface area (Å²) in [5.41, 5.74) is 1.29. The first-order chi connectivity index (χ1) is 8.21. The van der Waals surface area contributed by atoms with Gasteiger partial charge in [0.25, 0.3) is 0 Å². The van der Waals surface area contributed by atoms with Crippen LogP contribution in [0.2, 0.25) is 0 Å². The molecular formula is C15H25NO. The van der Waals surface area contributed by atoms with Crippen LogP contribution in [0.3, 0.4) is 0 Å². The third-order valence-electron chi connectivity index (χ3n) is 3.41. The first-order valence-electron chi connectivity index (χ1n) is 6.60. The van der Waals surface area contributed by atoms with Crippen LogP contribution in [0, 0.1) is 5.92 Å². The molecule has 0 N–H and O–H groups in total. The van der Waals surface area contributed by atoms with Crippen LogP contribution in [0.5, 0.6) is 5.75 Å². The molecule has 0 spiro atoms. The van der Waals surface area contributed by atoms with Gasteiger partial charge in [0.2, 0.25) is 0 Å². The van der Waals surface area contributed by atoms with E-state index in [0.717, 1.165) is 24.8 Å². The zero-order chi connectivity index (χ0) is 12.7. The third kappa shape index (κ3) is 4.29. The molecule has 1 aromatic rings. The quantitative estimate of drug-likeness (QED) is 0.709. The first-order valence-corrected chi connectivity index (χ1v) is 6.60. The standard InChI is InChI=1S/C15H25NO/c1-5-13(3)11-12-16(6-2)14-7-9-15(17-4)10-8-14/h7-10,13H,5-6,11-12H2,1-4H3. The van der Waals surface area contributed by atoms with E-state index in [0.29, 0.717) is 0 Å². The van der Waals surface area contributed by atoms with E-state index in [4.69, 9.17) is 4.74 Å². The summed E-state index contributed by atoms with van der Waals surface area (Å²) in [6.45, 7) is 8.98. The molecule has 0 saturated heterocycles. The number of benzene rings is 1. The van der Waals surface area contributed by atoms with Crippen molar-refractivity contribution in [1.29, 1.82) is 0 Å². The van der Waals surface area contributed by atoms with Crippen molar-refractivity contribution < 1.29 is 4.74 Å². The van der Waals surface area contributed by atoms with Gasteiger partial charge >= 0.3 is 0 Å². The van der Waals surface area contributed by atoms with Crippen LogP contribution in [0.4, 0.5) is 5.69 Å². The highest BCUT2D eigenvalue weighted by atomic mass is 16.5. The predicted octanol–water partition coefficient (Wildman–Crippen LogP) is 3.96. The van der Waals surface area contributed by atoms with Gasteiger partial charge in [0, 0.05) is 18.8 Å². The Bertz CT molecular complexity index is 307. The molecule has 0 radical (unpaired) electrons. The minimum Gasteiger partial charge on any atom is -0.497 e. The minimum atomic E-state index is 0.808. The Kier molecular flexibility index (Phi) is 5.88. The lowest BCUT2D eigenvalue weighted by molar-refractivity contribution is 0.415. The second-order valence-corrected chi connectivity index (χ2v) is 4.58. The molecule has 0 amide bonds. The van der Waals surface area contributed by atoms with E-state index >= 15 is 0 Å². The van der Waals surface area contributed by atoms with Gasteiger partial charge in [0.05, 0.1) is 7.11 Å². The van der Waals surface area contributed by atoms with E-state index in [9.17, 15) is 0 Å². The van der Waals surface area contributed by atoms with Crippen molar-refractivity contribution in [3.8, 4) is 5.75 Å². The summed E-state index contributed by atoms with van der Waals surface area (Å²) in [5.74, 6) is 1.73. The van der Waals surface area contributed by atoms with Gasteiger partial charge in [0.15, 0.2) is 0 Å². The lowest BCUT2D eigenvalue weighted by Crippen LogP contribution is -2.25. The van der Waals surface area contributed by atoms with Crippen LogP contribution < -0.4 is 9.64 Å². The van der Waals surface area contributed by atoms with Gasteiger partial charge in [-0.1, -0.05) is 20.3 Å². The number of ether oxygens (including phenoxy) is 1. The molecule has 17 heavy (non-hydrogen) atoms. The molecule has 0 aliphatic heterocycles. The Labute approximate surface area is 106 Å². The van der Waals surface area contributed by atoms with Crippen molar-refractivity contribution in [3.05, 3.63) is 24.3 Å². The molecule has 1 rings (SSSR count). The molecular weight excluding hydrogens is 210 g/mol. The normalized spacial score (nSPS) is 12.2. The van der Waals surface area contributed by atoms with Crippen molar-refractivity contribution in [2.24, 2.45) is 5.92 Å². The summed E-state index contributed by atoms with van der Waals surface area (Å²) in [4.78, 5) is 2.42. The van der Waals surface area contributed by atoms with Crippen molar-refractivity contribution in [3.63, 3.8) is 0 Å². The zero-order valence-corrected chi connectivity index (χ0v) is 11.6. The van der Waals surface area contributed by atoms with Crippen LogP contribution in [0.15, 0.2) is 24.3 Å². The molecule has 0 fully saturated rings. The summed E-state index contributed by atoms with van der Waals surface area (Å²) in [7, 11) is 1.70. The van der Waals surface area contributed by atoms with Gasteiger partial charge in [-0.3, -0.25) is 0 Å². The van der Waals surface area contributed by atoms with Crippen molar-refractivity contribution in [2.75, 3.05) is 25.1 Å². The molecule has 1 aromatic carbocycles. The fourth-order valence-electron chi connectivity index (χ4n) is 1.84. The molecule has 1 atom stereocenters. The van der Waals surface area contributed by atoms with Crippen molar-refractivity contribution in [2.45, 2.75) is 33.6 Å². The summed E-state index contributed by atoms with van der Waals surface area (Å²) in [6, 6.07) is 8.33. The van der Waals surface area contributed by atoms with Crippen LogP contribution in [0.25, 0.3) is 0 Å². The van der Waals surface area contributed by atoms with Crippen molar-refractivity contribution >= 4 is 5.69 Å². The Morgan fingerprint density at radius 2 is 1.82 bits per heavy atom. The number of anilines is 1. The highest BCUT2D eigenvalue weighted by Gasteiger charge is 2.06. The fourth-order valence-corrected chi connectivity index (χ4v) is 1.84. The zero-order valence-electron chi connectivity index (χ0n) is 11.6. The molecule has 2 heteroatoms. The summed E-state index contributed by atoms with van der Waals surface area (Å²) >= 11 is 0. The maximum atomic E-state index is 5.18. The minimum absolute atomic E-state index is 0.808.